The van der Waals surface area contributed by atoms with Crippen LogP contribution in [0, 0.1) is 23.7 Å². The van der Waals surface area contributed by atoms with Crippen molar-refractivity contribution in [2.24, 2.45) is 23.7 Å². The Morgan fingerprint density at radius 3 is 2.56 bits per heavy atom. The van der Waals surface area contributed by atoms with E-state index < -0.39 is 41.0 Å². The molecule has 0 aromatic heterocycles. The van der Waals surface area contributed by atoms with Crippen LogP contribution in [0.1, 0.15) is 40.5 Å². The van der Waals surface area contributed by atoms with E-state index in [1.807, 2.05) is 27.7 Å². The largest absolute Gasteiger partial charge is 0.394 e. The Balaban J connectivity index is 1.83. The van der Waals surface area contributed by atoms with Crippen molar-refractivity contribution in [2.45, 2.75) is 63.8 Å². The molecule has 1 aromatic rings. The quantitative estimate of drug-likeness (QED) is 0.543. The highest BCUT2D eigenvalue weighted by Gasteiger charge is 2.80. The van der Waals surface area contributed by atoms with Crippen LogP contribution in [0.25, 0.3) is 0 Å². The second-order valence-corrected chi connectivity index (χ2v) is 10.9. The molecule has 3 aliphatic rings. The zero-order valence-corrected chi connectivity index (χ0v) is 21.1. The number of para-hydroxylation sites is 1. The lowest BCUT2D eigenvalue weighted by Crippen LogP contribution is -2.56. The number of ether oxygens (including phenoxy) is 1. The topological polar surface area (TPSA) is 108 Å². The Kier molecular flexibility index (Phi) is 6.46. The number of halogens is 1. The summed E-state index contributed by atoms with van der Waals surface area (Å²) in [6.45, 7) is 7.57. The molecule has 2 bridgehead atoms. The Labute approximate surface area is 205 Å². The first-order valence-corrected chi connectivity index (χ1v) is 12.3. The van der Waals surface area contributed by atoms with Gasteiger partial charge in [0.05, 0.1) is 40.8 Å². The average molecular weight is 492 g/mol. The van der Waals surface area contributed by atoms with Gasteiger partial charge in [0, 0.05) is 7.05 Å². The van der Waals surface area contributed by atoms with E-state index in [1.54, 1.807) is 31.3 Å². The summed E-state index contributed by atoms with van der Waals surface area (Å²) < 4.78 is 6.62. The van der Waals surface area contributed by atoms with Gasteiger partial charge in [-0.3, -0.25) is 14.4 Å². The second kappa shape index (κ2) is 8.81. The Hall–Kier alpha value is -2.16. The summed E-state index contributed by atoms with van der Waals surface area (Å²) in [6, 6.07) is 5.31. The number of amides is 3. The molecule has 8 nitrogen and oxygen atoms in total. The molecule has 4 rings (SSSR count). The Bertz CT molecular complexity index is 1000. The first kappa shape index (κ1) is 24.9. The summed E-state index contributed by atoms with van der Waals surface area (Å²) >= 11 is 6.30. The molecule has 1 spiro atoms. The van der Waals surface area contributed by atoms with Gasteiger partial charge in [-0.25, -0.2) is 0 Å². The standard InChI is InChI=1S/C25H34ClN3O5/c1-13(2)10-15(12-30)29-20(22(32)28-17-9-7-6-8-16(17)26)25-11-14(3)24(4,34-25)18(21(31)27-5)19(25)23(29)33/h6-9,13-15,18-20,30H,10-12H2,1-5H3,(H,27,31)(H,28,32)/t14?,15-,18+,19+,20?,24-,25?/m1/s1. The summed E-state index contributed by atoms with van der Waals surface area (Å²) in [5.74, 6) is -2.43. The maximum absolute atomic E-state index is 14.0. The molecule has 1 aromatic carbocycles. The number of fused-ring (bicyclic) bond motifs is 1. The second-order valence-electron chi connectivity index (χ2n) is 10.5. The predicted molar refractivity (Wildman–Crippen MR) is 128 cm³/mol. The van der Waals surface area contributed by atoms with Gasteiger partial charge >= 0.3 is 0 Å². The lowest BCUT2D eigenvalue weighted by molar-refractivity contribution is -0.149. The van der Waals surface area contributed by atoms with Crippen molar-refractivity contribution in [3.05, 3.63) is 29.3 Å². The number of rotatable bonds is 7. The summed E-state index contributed by atoms with van der Waals surface area (Å²) in [6.07, 6.45) is 0.975. The summed E-state index contributed by atoms with van der Waals surface area (Å²) in [4.78, 5) is 42.4. The van der Waals surface area contributed by atoms with E-state index in [0.717, 1.165) is 0 Å². The zero-order chi connectivity index (χ0) is 25.0. The molecule has 3 heterocycles. The lowest BCUT2D eigenvalue weighted by Gasteiger charge is -2.37. The zero-order valence-electron chi connectivity index (χ0n) is 20.3. The molecule has 3 amide bonds. The highest BCUT2D eigenvalue weighted by molar-refractivity contribution is 6.33. The Morgan fingerprint density at radius 2 is 1.97 bits per heavy atom. The van der Waals surface area contributed by atoms with E-state index in [4.69, 9.17) is 16.3 Å². The molecule has 3 saturated heterocycles. The van der Waals surface area contributed by atoms with E-state index in [-0.39, 0.29) is 30.3 Å². The van der Waals surface area contributed by atoms with E-state index in [9.17, 15) is 19.5 Å². The van der Waals surface area contributed by atoms with Crippen molar-refractivity contribution >= 4 is 35.0 Å². The third kappa shape index (κ3) is 3.53. The number of anilines is 1. The molecule has 3 unspecified atom stereocenters. The number of nitrogens with zero attached hydrogens (tertiary/aromatic N) is 1. The van der Waals surface area contributed by atoms with Crippen LogP contribution < -0.4 is 10.6 Å². The number of aliphatic hydroxyl groups excluding tert-OH is 1. The molecule has 7 atom stereocenters. The number of nitrogens with one attached hydrogen (secondary N) is 2. The van der Waals surface area contributed by atoms with Gasteiger partial charge in [-0.2, -0.15) is 0 Å². The van der Waals surface area contributed by atoms with Gasteiger partial charge in [0.15, 0.2) is 0 Å². The number of aliphatic hydroxyl groups is 1. The van der Waals surface area contributed by atoms with Gasteiger partial charge in [0.2, 0.25) is 17.7 Å². The minimum atomic E-state index is -1.17. The van der Waals surface area contributed by atoms with E-state index >= 15 is 0 Å². The molecular weight excluding hydrogens is 458 g/mol. The molecule has 0 radical (unpaired) electrons. The van der Waals surface area contributed by atoms with Crippen LogP contribution in [0.4, 0.5) is 5.69 Å². The van der Waals surface area contributed by atoms with Crippen LogP contribution in [0.2, 0.25) is 5.02 Å². The van der Waals surface area contributed by atoms with Gasteiger partial charge in [-0.15, -0.1) is 0 Å². The smallest absolute Gasteiger partial charge is 0.250 e. The number of carbonyl (C=O) groups excluding carboxylic acids is 3. The fraction of sp³-hybridized carbons (Fsp3) is 0.640. The van der Waals surface area contributed by atoms with Crippen molar-refractivity contribution in [3.8, 4) is 0 Å². The summed E-state index contributed by atoms with van der Waals surface area (Å²) in [5.41, 5.74) is -1.61. The van der Waals surface area contributed by atoms with Crippen molar-refractivity contribution in [2.75, 3.05) is 19.0 Å². The molecule has 34 heavy (non-hydrogen) atoms. The fourth-order valence-corrected chi connectivity index (χ4v) is 6.69. The van der Waals surface area contributed by atoms with Gasteiger partial charge < -0.3 is 25.4 Å². The molecule has 0 aliphatic carbocycles. The van der Waals surface area contributed by atoms with Gasteiger partial charge in [-0.05, 0) is 43.7 Å². The third-order valence-corrected chi connectivity index (χ3v) is 8.34. The van der Waals surface area contributed by atoms with Crippen LogP contribution in [-0.4, -0.2) is 64.7 Å². The van der Waals surface area contributed by atoms with Crippen LogP contribution in [0.3, 0.4) is 0 Å². The van der Waals surface area contributed by atoms with Crippen LogP contribution in [-0.2, 0) is 19.1 Å². The molecule has 3 N–H and O–H groups in total. The highest BCUT2D eigenvalue weighted by atomic mass is 35.5. The monoisotopic (exact) mass is 491 g/mol. The summed E-state index contributed by atoms with van der Waals surface area (Å²) in [5, 5.41) is 16.2. The Morgan fingerprint density at radius 1 is 1.29 bits per heavy atom. The molecule has 186 valence electrons. The number of benzene rings is 1. The first-order chi connectivity index (χ1) is 16.0. The number of carbonyl (C=O) groups is 3. The molecule has 9 heteroatoms. The highest BCUT2D eigenvalue weighted by Crippen LogP contribution is 2.65. The van der Waals surface area contributed by atoms with Crippen molar-refractivity contribution < 1.29 is 24.2 Å². The molecule has 3 aliphatic heterocycles. The van der Waals surface area contributed by atoms with E-state index in [0.29, 0.717) is 23.6 Å². The van der Waals surface area contributed by atoms with Gasteiger partial charge in [-0.1, -0.05) is 44.5 Å². The van der Waals surface area contributed by atoms with E-state index in [2.05, 4.69) is 10.6 Å². The van der Waals surface area contributed by atoms with Crippen LogP contribution in [0.15, 0.2) is 24.3 Å². The van der Waals surface area contributed by atoms with Crippen molar-refractivity contribution in [1.29, 1.82) is 0 Å². The predicted octanol–water partition coefficient (Wildman–Crippen LogP) is 2.44. The average Bonchev–Trinajstić information content (AvgIpc) is 3.30. The molecule has 3 fully saturated rings. The SMILES string of the molecule is CNC(=O)[C@@H]1[C@H]2C(=O)N([C@@H](CO)CC(C)C)C(C(=O)Nc3ccccc3Cl)C23CC(C)[C@@]1(C)O3. The van der Waals surface area contributed by atoms with E-state index in [1.165, 1.54) is 4.90 Å². The van der Waals surface area contributed by atoms with Crippen molar-refractivity contribution in [3.63, 3.8) is 0 Å². The maximum Gasteiger partial charge on any atom is 0.250 e. The number of likely N-dealkylation sites (tertiary alicyclic amines) is 1. The van der Waals surface area contributed by atoms with Gasteiger partial charge in [0.1, 0.15) is 11.6 Å². The third-order valence-electron chi connectivity index (χ3n) is 8.01. The number of hydrogen-bond acceptors (Lipinski definition) is 5. The fourth-order valence-electron chi connectivity index (χ4n) is 6.51. The lowest BCUT2D eigenvalue weighted by atomic mass is 9.62. The minimum Gasteiger partial charge on any atom is -0.394 e. The molecular formula is C25H34ClN3O5. The summed E-state index contributed by atoms with van der Waals surface area (Å²) in [7, 11) is 1.54. The van der Waals surface area contributed by atoms with Crippen LogP contribution in [0.5, 0.6) is 0 Å². The first-order valence-electron chi connectivity index (χ1n) is 11.9. The molecule has 0 saturated carbocycles. The van der Waals surface area contributed by atoms with Crippen molar-refractivity contribution in [1.82, 2.24) is 10.2 Å². The number of hydrogen-bond donors (Lipinski definition) is 3. The van der Waals surface area contributed by atoms with Crippen LogP contribution >= 0.6 is 11.6 Å². The minimum absolute atomic E-state index is 0.0490. The maximum atomic E-state index is 14.0. The van der Waals surface area contributed by atoms with Gasteiger partial charge in [0.25, 0.3) is 0 Å². The normalized spacial score (nSPS) is 34.9.